The van der Waals surface area contributed by atoms with Gasteiger partial charge in [0, 0.05) is 18.7 Å². The van der Waals surface area contributed by atoms with Crippen LogP contribution in [0.4, 0.5) is 11.4 Å². The number of thiophene rings is 1. The summed E-state index contributed by atoms with van der Waals surface area (Å²) in [6.45, 7) is 0.637. The van der Waals surface area contributed by atoms with Gasteiger partial charge < -0.3 is 15.0 Å². The van der Waals surface area contributed by atoms with Crippen molar-refractivity contribution >= 4 is 57.7 Å². The molecule has 8 heteroatoms. The van der Waals surface area contributed by atoms with Gasteiger partial charge in [0.25, 0.3) is 5.91 Å². The largest absolute Gasteiger partial charge is 0.495 e. The number of benzene rings is 1. The highest BCUT2D eigenvalue weighted by Gasteiger charge is 2.23. The molecule has 1 aromatic carbocycles. The maximum Gasteiger partial charge on any atom is 0.258 e. The highest BCUT2D eigenvalue weighted by Crippen LogP contribution is 2.35. The number of hydrogen-bond donors (Lipinski definition) is 1. The molecule has 132 valence electrons. The van der Waals surface area contributed by atoms with E-state index in [1.54, 1.807) is 30.2 Å². The van der Waals surface area contributed by atoms with Crippen LogP contribution in [0, 0.1) is 0 Å². The fourth-order valence-electron chi connectivity index (χ4n) is 2.73. The fraction of sp³-hybridized carbons (Fsp3) is 0.294. The average Bonchev–Trinajstić information content (AvgIpc) is 2.94. The zero-order valence-electron chi connectivity index (χ0n) is 13.5. The number of anilines is 2. The molecule has 0 aliphatic carbocycles. The van der Waals surface area contributed by atoms with Gasteiger partial charge in [-0.25, -0.2) is 0 Å². The summed E-state index contributed by atoms with van der Waals surface area (Å²) in [6, 6.07) is 6.72. The first kappa shape index (κ1) is 18.0. The number of rotatable bonds is 4. The molecule has 0 unspecified atom stereocenters. The Hall–Kier alpha value is -1.76. The van der Waals surface area contributed by atoms with E-state index >= 15 is 0 Å². The predicted molar refractivity (Wildman–Crippen MR) is 101 cm³/mol. The van der Waals surface area contributed by atoms with E-state index in [1.165, 1.54) is 6.07 Å². The van der Waals surface area contributed by atoms with Crippen molar-refractivity contribution in [3.8, 4) is 5.75 Å². The molecule has 1 aliphatic rings. The van der Waals surface area contributed by atoms with Gasteiger partial charge >= 0.3 is 0 Å². The summed E-state index contributed by atoms with van der Waals surface area (Å²) in [5.74, 6) is 0.291. The van der Waals surface area contributed by atoms with Gasteiger partial charge in [0.15, 0.2) is 0 Å². The fourth-order valence-corrected chi connectivity index (χ4v) is 4.19. The lowest BCUT2D eigenvalue weighted by Gasteiger charge is -2.28. The summed E-state index contributed by atoms with van der Waals surface area (Å²) in [5, 5.41) is 2.79. The second-order valence-corrected chi connectivity index (χ2v) is 7.87. The Morgan fingerprint density at radius 1 is 1.28 bits per heavy atom. The lowest BCUT2D eigenvalue weighted by Crippen LogP contribution is -2.35. The highest BCUT2D eigenvalue weighted by molar-refractivity contribution is 7.20. The number of methoxy groups -OCH3 is 1. The maximum atomic E-state index is 12.4. The Morgan fingerprint density at radius 3 is 2.72 bits per heavy atom. The van der Waals surface area contributed by atoms with Crippen LogP contribution in [0.3, 0.4) is 0 Å². The number of piperidine rings is 1. The molecule has 5 nitrogen and oxygen atoms in total. The number of amides is 2. The van der Waals surface area contributed by atoms with Gasteiger partial charge in [-0.2, -0.15) is 0 Å². The molecular formula is C17H16Cl2N2O3S. The van der Waals surface area contributed by atoms with Gasteiger partial charge in [0.1, 0.15) is 10.1 Å². The van der Waals surface area contributed by atoms with E-state index in [9.17, 15) is 9.59 Å². The zero-order valence-corrected chi connectivity index (χ0v) is 15.8. The molecule has 0 atom stereocenters. The zero-order chi connectivity index (χ0) is 18.0. The molecule has 0 spiro atoms. The Kier molecular flexibility index (Phi) is 5.51. The minimum Gasteiger partial charge on any atom is -0.495 e. The molecule has 25 heavy (non-hydrogen) atoms. The lowest BCUT2D eigenvalue weighted by molar-refractivity contribution is -0.119. The summed E-state index contributed by atoms with van der Waals surface area (Å²) < 4.78 is 6.15. The van der Waals surface area contributed by atoms with Crippen molar-refractivity contribution in [2.45, 2.75) is 19.3 Å². The van der Waals surface area contributed by atoms with Gasteiger partial charge in [-0.15, -0.1) is 11.3 Å². The molecule has 2 amide bonds. The van der Waals surface area contributed by atoms with Gasteiger partial charge in [-0.3, -0.25) is 9.59 Å². The van der Waals surface area contributed by atoms with Gasteiger partial charge in [0.05, 0.1) is 22.7 Å². The third kappa shape index (κ3) is 3.92. The summed E-state index contributed by atoms with van der Waals surface area (Å²) >= 11 is 13.1. The van der Waals surface area contributed by atoms with Crippen molar-refractivity contribution in [3.63, 3.8) is 0 Å². The number of carbonyl (C=O) groups excluding carboxylic acids is 2. The van der Waals surface area contributed by atoms with Crippen molar-refractivity contribution in [1.82, 2.24) is 0 Å². The van der Waals surface area contributed by atoms with Crippen molar-refractivity contribution < 1.29 is 14.3 Å². The number of nitrogens with one attached hydrogen (secondary N) is 1. The van der Waals surface area contributed by atoms with Gasteiger partial charge in [0.2, 0.25) is 5.91 Å². The highest BCUT2D eigenvalue weighted by atomic mass is 35.5. The molecule has 0 saturated carbocycles. The first-order chi connectivity index (χ1) is 12.0. The minimum absolute atomic E-state index is 0.0562. The average molecular weight is 399 g/mol. The third-order valence-corrected chi connectivity index (χ3v) is 5.44. The van der Waals surface area contributed by atoms with E-state index in [0.717, 1.165) is 24.2 Å². The van der Waals surface area contributed by atoms with Crippen molar-refractivity contribution in [2.24, 2.45) is 0 Å². The topological polar surface area (TPSA) is 58.6 Å². The second-order valence-electron chi connectivity index (χ2n) is 5.58. The van der Waals surface area contributed by atoms with Gasteiger partial charge in [-0.05, 0) is 37.1 Å². The molecule has 2 aromatic rings. The third-order valence-electron chi connectivity index (χ3n) is 3.95. The molecule has 0 radical (unpaired) electrons. The normalized spacial score (nSPS) is 14.5. The lowest BCUT2D eigenvalue weighted by atomic mass is 10.1. The van der Waals surface area contributed by atoms with E-state index in [-0.39, 0.29) is 11.8 Å². The van der Waals surface area contributed by atoms with E-state index in [4.69, 9.17) is 27.9 Å². The number of ether oxygens (including phenoxy) is 1. The van der Waals surface area contributed by atoms with Crippen molar-refractivity contribution in [3.05, 3.63) is 38.5 Å². The standard InChI is InChI=1S/C17H16Cl2N2O3S/c1-24-13-6-5-10(8-12(13)21-7-3-2-4-15(21)22)20-17(23)11-9-14(18)25-16(11)19/h5-6,8-9H,2-4,7H2,1H3,(H,20,23). The summed E-state index contributed by atoms with van der Waals surface area (Å²) in [6.07, 6.45) is 2.35. The molecule has 1 N–H and O–H groups in total. The molecule has 1 saturated heterocycles. The van der Waals surface area contributed by atoms with Crippen molar-refractivity contribution in [2.75, 3.05) is 23.9 Å². The number of carbonyl (C=O) groups is 2. The first-order valence-corrected chi connectivity index (χ1v) is 9.31. The molecule has 1 fully saturated rings. The van der Waals surface area contributed by atoms with E-state index < -0.39 is 0 Å². The first-order valence-electron chi connectivity index (χ1n) is 7.74. The Labute approximate surface area is 159 Å². The Morgan fingerprint density at radius 2 is 2.08 bits per heavy atom. The quantitative estimate of drug-likeness (QED) is 0.801. The maximum absolute atomic E-state index is 12.4. The van der Waals surface area contributed by atoms with E-state index in [0.29, 0.717) is 44.3 Å². The Balaban J connectivity index is 1.87. The molecule has 1 aromatic heterocycles. The van der Waals surface area contributed by atoms with Crippen LogP contribution >= 0.6 is 34.5 Å². The molecule has 1 aliphatic heterocycles. The van der Waals surface area contributed by atoms with Gasteiger partial charge in [-0.1, -0.05) is 23.2 Å². The smallest absolute Gasteiger partial charge is 0.258 e. The van der Waals surface area contributed by atoms with Crippen LogP contribution in [0.25, 0.3) is 0 Å². The summed E-state index contributed by atoms with van der Waals surface area (Å²) in [7, 11) is 1.55. The van der Waals surface area contributed by atoms with Crippen LogP contribution in [-0.2, 0) is 4.79 Å². The van der Waals surface area contributed by atoms with Crippen molar-refractivity contribution in [1.29, 1.82) is 0 Å². The molecular weight excluding hydrogens is 383 g/mol. The van der Waals surface area contributed by atoms with Crippen LogP contribution in [0.5, 0.6) is 5.75 Å². The second kappa shape index (κ2) is 7.64. The molecule has 3 rings (SSSR count). The van der Waals surface area contributed by atoms with Crippen LogP contribution in [-0.4, -0.2) is 25.5 Å². The number of halogens is 2. The summed E-state index contributed by atoms with van der Waals surface area (Å²) in [5.41, 5.74) is 1.53. The SMILES string of the molecule is COc1ccc(NC(=O)c2cc(Cl)sc2Cl)cc1N1CCCCC1=O. The molecule has 0 bridgehead atoms. The monoisotopic (exact) mass is 398 g/mol. The van der Waals surface area contributed by atoms with Crippen LogP contribution < -0.4 is 15.0 Å². The number of hydrogen-bond acceptors (Lipinski definition) is 4. The number of nitrogens with zero attached hydrogens (tertiary/aromatic N) is 1. The predicted octanol–water partition coefficient (Wildman–Crippen LogP) is 4.83. The van der Waals surface area contributed by atoms with Crippen LogP contribution in [0.15, 0.2) is 24.3 Å². The summed E-state index contributed by atoms with van der Waals surface area (Å²) in [4.78, 5) is 26.3. The Bertz CT molecular complexity index is 822. The van der Waals surface area contributed by atoms with Crippen LogP contribution in [0.2, 0.25) is 8.67 Å². The minimum atomic E-state index is -0.353. The molecule has 2 heterocycles. The van der Waals surface area contributed by atoms with E-state index in [1.807, 2.05) is 0 Å². The van der Waals surface area contributed by atoms with E-state index in [2.05, 4.69) is 5.32 Å². The van der Waals surface area contributed by atoms with Crippen LogP contribution in [0.1, 0.15) is 29.6 Å².